The summed E-state index contributed by atoms with van der Waals surface area (Å²) in [6.45, 7) is 0.114. The second kappa shape index (κ2) is 4.13. The van der Waals surface area contributed by atoms with Crippen molar-refractivity contribution in [3.63, 3.8) is 0 Å². The Balaban J connectivity index is 2.72. The van der Waals surface area contributed by atoms with E-state index in [9.17, 15) is 4.79 Å². The number of rotatable bonds is 3. The summed E-state index contributed by atoms with van der Waals surface area (Å²) in [4.78, 5) is 10.5. The fourth-order valence-corrected chi connectivity index (χ4v) is 1.39. The highest BCUT2D eigenvalue weighted by molar-refractivity contribution is 9.10. The highest BCUT2D eigenvalue weighted by Gasteiger charge is 2.00. The van der Waals surface area contributed by atoms with Crippen molar-refractivity contribution >= 4 is 33.2 Å². The van der Waals surface area contributed by atoms with Crippen LogP contribution in [0.4, 0.5) is 11.4 Å². The van der Waals surface area contributed by atoms with Gasteiger partial charge in [-0.2, -0.15) is 0 Å². The molecule has 1 amide bonds. The Labute approximate surface area is 84.4 Å². The predicted molar refractivity (Wildman–Crippen MR) is 56.2 cm³/mol. The minimum Gasteiger partial charge on any atom is -0.399 e. The number of carbonyl (C=O) groups excluding carboxylic acids is 1. The number of nitrogens with two attached hydrogens (primary N) is 2. The van der Waals surface area contributed by atoms with E-state index in [1.165, 1.54) is 0 Å². The van der Waals surface area contributed by atoms with Gasteiger partial charge in [-0.3, -0.25) is 4.79 Å². The average Bonchev–Trinajstić information content (AvgIpc) is 2.02. The van der Waals surface area contributed by atoms with Crippen LogP contribution in [0.5, 0.6) is 0 Å². The van der Waals surface area contributed by atoms with E-state index in [0.717, 1.165) is 10.2 Å². The van der Waals surface area contributed by atoms with Gasteiger partial charge < -0.3 is 16.8 Å². The Bertz CT molecular complexity index is 327. The molecule has 0 aliphatic rings. The van der Waals surface area contributed by atoms with E-state index in [4.69, 9.17) is 11.5 Å². The average molecular weight is 244 g/mol. The number of primary amides is 1. The summed E-state index contributed by atoms with van der Waals surface area (Å²) in [6.07, 6.45) is 0. The molecule has 0 spiro atoms. The van der Waals surface area contributed by atoms with Gasteiger partial charge in [0.1, 0.15) is 0 Å². The molecule has 1 rings (SSSR count). The molecular weight excluding hydrogens is 234 g/mol. The lowest BCUT2D eigenvalue weighted by Crippen LogP contribution is -2.21. The fraction of sp³-hybridized carbons (Fsp3) is 0.125. The first-order valence-electron chi connectivity index (χ1n) is 3.67. The zero-order chi connectivity index (χ0) is 9.84. The lowest BCUT2D eigenvalue weighted by Gasteiger charge is -2.06. The second-order valence-corrected chi connectivity index (χ2v) is 3.41. The molecule has 0 heterocycles. The molecule has 70 valence electrons. The number of nitrogen functional groups attached to an aromatic ring is 1. The van der Waals surface area contributed by atoms with Crippen molar-refractivity contribution in [2.24, 2.45) is 5.73 Å². The van der Waals surface area contributed by atoms with Crippen LogP contribution in [-0.2, 0) is 4.79 Å². The van der Waals surface area contributed by atoms with Crippen molar-refractivity contribution in [3.05, 3.63) is 22.7 Å². The summed E-state index contributed by atoms with van der Waals surface area (Å²) in [7, 11) is 0. The van der Waals surface area contributed by atoms with Gasteiger partial charge in [0.25, 0.3) is 0 Å². The maximum atomic E-state index is 10.5. The van der Waals surface area contributed by atoms with E-state index in [-0.39, 0.29) is 6.54 Å². The third kappa shape index (κ3) is 2.95. The Kier molecular flexibility index (Phi) is 3.13. The zero-order valence-corrected chi connectivity index (χ0v) is 8.47. The van der Waals surface area contributed by atoms with Crippen LogP contribution in [0.1, 0.15) is 0 Å². The van der Waals surface area contributed by atoms with Gasteiger partial charge in [0.15, 0.2) is 0 Å². The fourth-order valence-electron chi connectivity index (χ4n) is 0.857. The lowest BCUT2D eigenvalue weighted by molar-refractivity contribution is -0.116. The van der Waals surface area contributed by atoms with Gasteiger partial charge in [-0.1, -0.05) is 0 Å². The summed E-state index contributed by atoms with van der Waals surface area (Å²) < 4.78 is 0.814. The molecule has 0 fully saturated rings. The van der Waals surface area contributed by atoms with Crippen LogP contribution in [0.3, 0.4) is 0 Å². The van der Waals surface area contributed by atoms with E-state index >= 15 is 0 Å². The van der Waals surface area contributed by atoms with Crippen molar-refractivity contribution in [1.82, 2.24) is 0 Å². The van der Waals surface area contributed by atoms with Crippen molar-refractivity contribution < 1.29 is 4.79 Å². The van der Waals surface area contributed by atoms with Gasteiger partial charge in [0, 0.05) is 15.8 Å². The lowest BCUT2D eigenvalue weighted by atomic mass is 10.3. The first-order chi connectivity index (χ1) is 6.09. The molecule has 0 aliphatic carbocycles. The number of anilines is 2. The van der Waals surface area contributed by atoms with Crippen LogP contribution in [0.15, 0.2) is 22.7 Å². The molecule has 0 saturated heterocycles. The molecule has 1 aromatic rings. The largest absolute Gasteiger partial charge is 0.399 e. The summed E-state index contributed by atoms with van der Waals surface area (Å²) >= 11 is 3.30. The molecule has 0 aromatic heterocycles. The highest BCUT2D eigenvalue weighted by Crippen LogP contribution is 2.24. The maximum absolute atomic E-state index is 10.5. The minimum absolute atomic E-state index is 0.114. The van der Waals surface area contributed by atoms with Gasteiger partial charge >= 0.3 is 0 Å². The molecule has 4 nitrogen and oxygen atoms in total. The van der Waals surface area contributed by atoms with Gasteiger partial charge in [-0.15, -0.1) is 0 Å². The minimum atomic E-state index is -0.399. The van der Waals surface area contributed by atoms with Crippen LogP contribution < -0.4 is 16.8 Å². The molecule has 0 bridgehead atoms. The number of nitrogens with one attached hydrogen (secondary N) is 1. The monoisotopic (exact) mass is 243 g/mol. The van der Waals surface area contributed by atoms with Crippen LogP contribution in [0.2, 0.25) is 0 Å². The standard InChI is InChI=1S/C8H10BrN3O/c9-6-3-5(10)1-2-7(6)12-4-8(11)13/h1-3,12H,4,10H2,(H2,11,13). The van der Waals surface area contributed by atoms with Gasteiger partial charge in [-0.05, 0) is 34.1 Å². The first kappa shape index (κ1) is 9.85. The SMILES string of the molecule is NC(=O)CNc1ccc(N)cc1Br. The quantitative estimate of drug-likeness (QED) is 0.692. The predicted octanol–water partition coefficient (Wildman–Crippen LogP) is 0.928. The Morgan fingerprint density at radius 2 is 2.23 bits per heavy atom. The number of hydrogen-bond donors (Lipinski definition) is 3. The summed E-state index contributed by atoms with van der Waals surface area (Å²) in [5.41, 5.74) is 12.0. The normalized spacial score (nSPS) is 9.62. The van der Waals surface area contributed by atoms with E-state index in [1.54, 1.807) is 18.2 Å². The van der Waals surface area contributed by atoms with E-state index in [2.05, 4.69) is 21.2 Å². The van der Waals surface area contributed by atoms with E-state index in [0.29, 0.717) is 5.69 Å². The summed E-state index contributed by atoms with van der Waals surface area (Å²) in [6, 6.07) is 5.28. The molecule has 0 aliphatic heterocycles. The molecule has 5 heteroatoms. The van der Waals surface area contributed by atoms with Crippen molar-refractivity contribution in [2.75, 3.05) is 17.6 Å². The van der Waals surface area contributed by atoms with Gasteiger partial charge in [0.2, 0.25) is 5.91 Å². The molecule has 0 atom stereocenters. The van der Waals surface area contributed by atoms with Gasteiger partial charge in [-0.25, -0.2) is 0 Å². The van der Waals surface area contributed by atoms with Crippen molar-refractivity contribution in [2.45, 2.75) is 0 Å². The number of carbonyl (C=O) groups is 1. The molecule has 13 heavy (non-hydrogen) atoms. The van der Waals surface area contributed by atoms with Gasteiger partial charge in [0.05, 0.1) is 6.54 Å². The number of hydrogen-bond acceptors (Lipinski definition) is 3. The molecular formula is C8H10BrN3O. The Hall–Kier alpha value is -1.23. The first-order valence-corrected chi connectivity index (χ1v) is 4.46. The summed E-state index contributed by atoms with van der Waals surface area (Å²) in [5, 5.41) is 2.86. The number of amides is 1. The Morgan fingerprint density at radius 3 is 2.77 bits per heavy atom. The molecule has 0 unspecified atom stereocenters. The molecule has 0 radical (unpaired) electrons. The molecule has 1 aromatic carbocycles. The van der Waals surface area contributed by atoms with Crippen LogP contribution in [0, 0.1) is 0 Å². The topological polar surface area (TPSA) is 81.1 Å². The number of benzene rings is 1. The Morgan fingerprint density at radius 1 is 1.54 bits per heavy atom. The van der Waals surface area contributed by atoms with E-state index < -0.39 is 5.91 Å². The highest BCUT2D eigenvalue weighted by atomic mass is 79.9. The third-order valence-corrected chi connectivity index (χ3v) is 2.10. The van der Waals surface area contributed by atoms with Crippen molar-refractivity contribution in [1.29, 1.82) is 0 Å². The number of halogens is 1. The zero-order valence-electron chi connectivity index (χ0n) is 6.88. The van der Waals surface area contributed by atoms with Crippen LogP contribution in [-0.4, -0.2) is 12.5 Å². The smallest absolute Gasteiger partial charge is 0.236 e. The van der Waals surface area contributed by atoms with Crippen LogP contribution >= 0.6 is 15.9 Å². The van der Waals surface area contributed by atoms with E-state index in [1.807, 2.05) is 0 Å². The van der Waals surface area contributed by atoms with Crippen molar-refractivity contribution in [3.8, 4) is 0 Å². The van der Waals surface area contributed by atoms with Crippen LogP contribution in [0.25, 0.3) is 0 Å². The molecule has 0 saturated carbocycles. The maximum Gasteiger partial charge on any atom is 0.236 e. The molecule has 5 N–H and O–H groups in total. The second-order valence-electron chi connectivity index (χ2n) is 2.56. The summed E-state index contributed by atoms with van der Waals surface area (Å²) in [5.74, 6) is -0.399. The third-order valence-electron chi connectivity index (χ3n) is 1.45.